The van der Waals surface area contributed by atoms with Gasteiger partial charge >= 0.3 is 0 Å². The fourth-order valence-corrected chi connectivity index (χ4v) is 2.59. The molecule has 1 amide bonds. The third-order valence-electron chi connectivity index (χ3n) is 2.85. The van der Waals surface area contributed by atoms with Crippen LogP contribution in [0.3, 0.4) is 0 Å². The van der Waals surface area contributed by atoms with Crippen molar-refractivity contribution in [2.24, 2.45) is 11.8 Å². The van der Waals surface area contributed by atoms with Gasteiger partial charge in [-0.3, -0.25) is 4.79 Å². The van der Waals surface area contributed by atoms with Gasteiger partial charge in [0.25, 0.3) is 0 Å². The van der Waals surface area contributed by atoms with Crippen molar-refractivity contribution in [2.45, 2.75) is 13.3 Å². The van der Waals surface area contributed by atoms with Crippen LogP contribution in [0.5, 0.6) is 0 Å². The van der Waals surface area contributed by atoms with Gasteiger partial charge in [0.1, 0.15) is 0 Å². The second-order valence-corrected chi connectivity index (χ2v) is 5.45. The Kier molecular flexibility index (Phi) is 6.84. The molecule has 4 nitrogen and oxygen atoms in total. The first-order valence-corrected chi connectivity index (χ1v) is 7.08. The van der Waals surface area contributed by atoms with E-state index in [2.05, 4.69) is 17.6 Å². The lowest BCUT2D eigenvalue weighted by molar-refractivity contribution is -0.125. The van der Waals surface area contributed by atoms with E-state index < -0.39 is 0 Å². The maximum Gasteiger partial charge on any atom is 0.224 e. The highest BCUT2D eigenvalue weighted by atomic mass is 32.2. The van der Waals surface area contributed by atoms with Crippen molar-refractivity contribution in [1.29, 1.82) is 0 Å². The molecule has 1 saturated heterocycles. The van der Waals surface area contributed by atoms with Crippen molar-refractivity contribution in [2.75, 3.05) is 37.7 Å². The number of nitrogens with one attached hydrogen (secondary N) is 2. The molecule has 0 aromatic heterocycles. The maximum atomic E-state index is 11.7. The summed E-state index contributed by atoms with van der Waals surface area (Å²) in [7, 11) is 0. The molecule has 1 aliphatic heterocycles. The van der Waals surface area contributed by atoms with Gasteiger partial charge in [-0.25, -0.2) is 0 Å². The van der Waals surface area contributed by atoms with Gasteiger partial charge in [0.2, 0.25) is 5.91 Å². The van der Waals surface area contributed by atoms with Crippen LogP contribution in [-0.4, -0.2) is 48.8 Å². The summed E-state index contributed by atoms with van der Waals surface area (Å²) in [5.41, 5.74) is 0. The minimum atomic E-state index is 0.141. The van der Waals surface area contributed by atoms with E-state index in [0.717, 1.165) is 37.6 Å². The van der Waals surface area contributed by atoms with Crippen molar-refractivity contribution < 1.29 is 9.90 Å². The lowest BCUT2D eigenvalue weighted by Crippen LogP contribution is -2.35. The van der Waals surface area contributed by atoms with E-state index in [9.17, 15) is 4.79 Å². The molecule has 2 unspecified atom stereocenters. The lowest BCUT2D eigenvalue weighted by Gasteiger charge is -2.13. The van der Waals surface area contributed by atoms with Crippen molar-refractivity contribution in [3.05, 3.63) is 0 Å². The van der Waals surface area contributed by atoms with E-state index in [4.69, 9.17) is 5.11 Å². The number of hydrogen-bond acceptors (Lipinski definition) is 4. The van der Waals surface area contributed by atoms with Gasteiger partial charge in [0.05, 0.1) is 5.92 Å². The van der Waals surface area contributed by atoms with Crippen molar-refractivity contribution in [3.8, 4) is 0 Å². The van der Waals surface area contributed by atoms with Gasteiger partial charge in [-0.1, -0.05) is 6.92 Å². The topological polar surface area (TPSA) is 61.4 Å². The molecule has 1 fully saturated rings. The van der Waals surface area contributed by atoms with E-state index in [-0.39, 0.29) is 18.4 Å². The Morgan fingerprint density at radius 3 is 2.94 bits per heavy atom. The van der Waals surface area contributed by atoms with Crippen LogP contribution in [0.4, 0.5) is 0 Å². The number of amides is 1. The Hall–Kier alpha value is -0.260. The van der Waals surface area contributed by atoms with Crippen molar-refractivity contribution in [3.63, 3.8) is 0 Å². The third kappa shape index (κ3) is 4.72. The number of rotatable bonds is 7. The van der Waals surface area contributed by atoms with Crippen LogP contribution in [0.2, 0.25) is 0 Å². The second-order valence-electron chi connectivity index (χ2n) is 4.22. The Bertz CT molecular complexity index is 214. The number of aliphatic hydroxyl groups excluding tert-OH is 1. The molecule has 0 radical (unpaired) electrons. The Morgan fingerprint density at radius 2 is 2.31 bits per heavy atom. The molecule has 0 saturated carbocycles. The van der Waals surface area contributed by atoms with Crippen LogP contribution >= 0.6 is 11.8 Å². The van der Waals surface area contributed by atoms with Crippen LogP contribution < -0.4 is 10.6 Å². The van der Waals surface area contributed by atoms with E-state index in [1.165, 1.54) is 0 Å². The SMILES string of the molecule is CC1CNCC1C(=O)NCCSCCCO. The smallest absolute Gasteiger partial charge is 0.224 e. The minimum absolute atomic E-state index is 0.141. The fraction of sp³-hybridized carbons (Fsp3) is 0.909. The zero-order valence-electron chi connectivity index (χ0n) is 9.87. The molecule has 0 bridgehead atoms. The first-order chi connectivity index (χ1) is 7.75. The van der Waals surface area contributed by atoms with Gasteiger partial charge in [0, 0.05) is 25.4 Å². The molecule has 1 aliphatic rings. The van der Waals surface area contributed by atoms with Crippen LogP contribution in [0, 0.1) is 11.8 Å². The molecule has 0 aromatic carbocycles. The van der Waals surface area contributed by atoms with Crippen LogP contribution in [0.15, 0.2) is 0 Å². The molecule has 0 aliphatic carbocycles. The quantitative estimate of drug-likeness (QED) is 0.557. The van der Waals surface area contributed by atoms with Gasteiger partial charge in [-0.2, -0.15) is 11.8 Å². The normalized spacial score (nSPS) is 24.6. The highest BCUT2D eigenvalue weighted by Crippen LogP contribution is 2.15. The van der Waals surface area contributed by atoms with E-state index >= 15 is 0 Å². The maximum absolute atomic E-state index is 11.7. The van der Waals surface area contributed by atoms with Crippen LogP contribution in [0.25, 0.3) is 0 Å². The summed E-state index contributed by atoms with van der Waals surface area (Å²) < 4.78 is 0. The molecular weight excluding hydrogens is 224 g/mol. The van der Waals surface area contributed by atoms with Crippen molar-refractivity contribution in [1.82, 2.24) is 10.6 Å². The zero-order valence-corrected chi connectivity index (χ0v) is 10.7. The minimum Gasteiger partial charge on any atom is -0.396 e. The van der Waals surface area contributed by atoms with E-state index in [1.807, 2.05) is 0 Å². The van der Waals surface area contributed by atoms with Gasteiger partial charge in [-0.15, -0.1) is 0 Å². The molecular formula is C11H22N2O2S. The van der Waals surface area contributed by atoms with Crippen LogP contribution in [-0.2, 0) is 4.79 Å². The molecule has 1 heterocycles. The van der Waals surface area contributed by atoms with Crippen LogP contribution in [0.1, 0.15) is 13.3 Å². The predicted molar refractivity (Wildman–Crippen MR) is 67.6 cm³/mol. The van der Waals surface area contributed by atoms with Gasteiger partial charge in [0.15, 0.2) is 0 Å². The number of hydrogen-bond donors (Lipinski definition) is 3. The van der Waals surface area contributed by atoms with Gasteiger partial charge < -0.3 is 15.7 Å². The van der Waals surface area contributed by atoms with Gasteiger partial charge in [-0.05, 0) is 24.6 Å². The van der Waals surface area contributed by atoms with E-state index in [1.54, 1.807) is 11.8 Å². The molecule has 94 valence electrons. The molecule has 0 spiro atoms. The monoisotopic (exact) mass is 246 g/mol. The summed E-state index contributed by atoms with van der Waals surface area (Å²) in [5.74, 6) is 2.67. The van der Waals surface area contributed by atoms with Crippen molar-refractivity contribution >= 4 is 17.7 Å². The number of carbonyl (C=O) groups excluding carboxylic acids is 1. The lowest BCUT2D eigenvalue weighted by atomic mass is 9.97. The summed E-state index contributed by atoms with van der Waals surface area (Å²) in [4.78, 5) is 11.7. The molecule has 0 aromatic rings. The number of aliphatic hydroxyl groups is 1. The first kappa shape index (κ1) is 13.8. The molecule has 16 heavy (non-hydrogen) atoms. The van der Waals surface area contributed by atoms with E-state index in [0.29, 0.717) is 5.92 Å². The Balaban J connectivity index is 2.02. The summed E-state index contributed by atoms with van der Waals surface area (Å²) in [6.07, 6.45) is 0.836. The standard InChI is InChI=1S/C11H22N2O2S/c1-9-7-12-8-10(9)11(15)13-3-6-16-5-2-4-14/h9-10,12,14H,2-8H2,1H3,(H,13,15). The predicted octanol–water partition coefficient (Wildman–Crippen LogP) is 0.0737. The summed E-state index contributed by atoms with van der Waals surface area (Å²) in [5, 5.41) is 14.8. The highest BCUT2D eigenvalue weighted by Gasteiger charge is 2.28. The third-order valence-corrected chi connectivity index (χ3v) is 3.92. The second kappa shape index (κ2) is 7.92. The number of thioether (sulfide) groups is 1. The fourth-order valence-electron chi connectivity index (χ4n) is 1.81. The molecule has 2 atom stereocenters. The largest absolute Gasteiger partial charge is 0.396 e. The number of carbonyl (C=O) groups is 1. The Morgan fingerprint density at radius 1 is 1.50 bits per heavy atom. The highest BCUT2D eigenvalue weighted by molar-refractivity contribution is 7.99. The average Bonchev–Trinajstić information content (AvgIpc) is 2.69. The average molecular weight is 246 g/mol. The first-order valence-electron chi connectivity index (χ1n) is 5.92. The Labute approximate surface area is 102 Å². The summed E-state index contributed by atoms with van der Waals surface area (Å²) in [6, 6.07) is 0. The summed E-state index contributed by atoms with van der Waals surface area (Å²) in [6.45, 7) is 4.86. The molecule has 3 N–H and O–H groups in total. The molecule has 1 rings (SSSR count). The zero-order chi connectivity index (χ0) is 11.8. The molecule has 5 heteroatoms. The summed E-state index contributed by atoms with van der Waals surface area (Å²) >= 11 is 1.77.